The summed E-state index contributed by atoms with van der Waals surface area (Å²) in [7, 11) is 4.44. The summed E-state index contributed by atoms with van der Waals surface area (Å²) in [4.78, 5) is 33.2. The number of aromatic nitrogens is 1. The summed E-state index contributed by atoms with van der Waals surface area (Å²) in [5.41, 5.74) is 2.55. The van der Waals surface area contributed by atoms with Crippen LogP contribution >= 0.6 is 22.9 Å². The number of methoxy groups -OCH3 is 3. The minimum Gasteiger partial charge on any atom is -0.507 e. The van der Waals surface area contributed by atoms with E-state index in [9.17, 15) is 14.7 Å². The number of hydrogen-bond donors (Lipinski definition) is 1. The highest BCUT2D eigenvalue weighted by atomic mass is 35.5. The van der Waals surface area contributed by atoms with E-state index in [0.29, 0.717) is 44.0 Å². The Kier molecular flexibility index (Phi) is 7.20. The number of halogens is 1. The number of rotatable bonds is 7. The highest BCUT2D eigenvalue weighted by Crippen LogP contribution is 2.48. The molecule has 0 aliphatic carbocycles. The van der Waals surface area contributed by atoms with Gasteiger partial charge in [-0.3, -0.25) is 14.5 Å². The van der Waals surface area contributed by atoms with Gasteiger partial charge in [0.25, 0.3) is 5.78 Å². The Hall–Kier alpha value is -4.08. The molecule has 200 valence electrons. The second kappa shape index (κ2) is 10.6. The smallest absolute Gasteiger partial charge is 0.301 e. The molecular formula is C29H25ClN2O6S. The van der Waals surface area contributed by atoms with Crippen LogP contribution in [0.1, 0.15) is 29.7 Å². The van der Waals surface area contributed by atoms with Gasteiger partial charge in [0.15, 0.2) is 16.6 Å². The van der Waals surface area contributed by atoms with Gasteiger partial charge in [0.05, 0.1) is 43.2 Å². The zero-order valence-electron chi connectivity index (χ0n) is 21.6. The average Bonchev–Trinajstić information content (AvgIpc) is 3.49. The molecule has 1 aliphatic heterocycles. The second-order valence-electron chi connectivity index (χ2n) is 8.79. The topological polar surface area (TPSA) is 98.2 Å². The molecule has 1 atom stereocenters. The van der Waals surface area contributed by atoms with Crippen LogP contribution in [0.25, 0.3) is 16.0 Å². The summed E-state index contributed by atoms with van der Waals surface area (Å²) in [5.74, 6) is -0.957. The summed E-state index contributed by atoms with van der Waals surface area (Å²) < 4.78 is 17.4. The van der Waals surface area contributed by atoms with Crippen LogP contribution in [-0.2, 0) is 16.0 Å². The molecule has 0 unspecified atom stereocenters. The van der Waals surface area contributed by atoms with Crippen LogP contribution in [0.15, 0.2) is 60.2 Å². The third-order valence-corrected chi connectivity index (χ3v) is 7.89. The summed E-state index contributed by atoms with van der Waals surface area (Å²) in [6.45, 7) is 2.06. The number of thiazole rings is 1. The van der Waals surface area contributed by atoms with Gasteiger partial charge in [0, 0.05) is 10.6 Å². The fourth-order valence-corrected chi connectivity index (χ4v) is 5.83. The summed E-state index contributed by atoms with van der Waals surface area (Å²) in [5, 5.41) is 12.2. The molecule has 39 heavy (non-hydrogen) atoms. The van der Waals surface area contributed by atoms with Gasteiger partial charge < -0.3 is 19.3 Å². The predicted octanol–water partition coefficient (Wildman–Crippen LogP) is 6.16. The summed E-state index contributed by atoms with van der Waals surface area (Å²) in [6, 6.07) is 14.5. The van der Waals surface area contributed by atoms with Gasteiger partial charge in [0.1, 0.15) is 5.76 Å². The fraction of sp³-hybridized carbons (Fsp3) is 0.207. The lowest BCUT2D eigenvalue weighted by atomic mass is 9.95. The van der Waals surface area contributed by atoms with Gasteiger partial charge in [-0.05, 0) is 66.1 Å². The number of ether oxygens (including phenoxy) is 3. The molecule has 2 heterocycles. The number of carbonyl (C=O) groups excluding carboxylic acids is 2. The number of benzene rings is 3. The van der Waals surface area contributed by atoms with Crippen LogP contribution in [0.3, 0.4) is 0 Å². The standard InChI is InChI=1S/C29H25ClN2O6S/c1-5-15-6-11-19-22(12-15)39-29(31-19)32-24(17-13-20(36-2)27(38-4)21(14-17)37-3)23(26(34)28(32)35)25(33)16-7-9-18(30)10-8-16/h6-14,24,33H,5H2,1-4H3/b25-23+/t24-/m1/s1. The minimum absolute atomic E-state index is 0.0925. The molecule has 1 amide bonds. The van der Waals surface area contributed by atoms with Crippen LogP contribution in [0.4, 0.5) is 5.13 Å². The molecule has 0 spiro atoms. The maximum atomic E-state index is 13.6. The zero-order chi connectivity index (χ0) is 27.8. The summed E-state index contributed by atoms with van der Waals surface area (Å²) in [6.07, 6.45) is 0.847. The van der Waals surface area contributed by atoms with Crippen molar-refractivity contribution >= 4 is 55.7 Å². The molecular weight excluding hydrogens is 540 g/mol. The number of anilines is 1. The van der Waals surface area contributed by atoms with Gasteiger partial charge in [-0.15, -0.1) is 0 Å². The van der Waals surface area contributed by atoms with Crippen molar-refractivity contribution < 1.29 is 28.9 Å². The molecule has 5 rings (SSSR count). The molecule has 1 aliphatic rings. The third-order valence-electron chi connectivity index (χ3n) is 6.62. The number of fused-ring (bicyclic) bond motifs is 1. The Morgan fingerprint density at radius 3 is 2.26 bits per heavy atom. The quantitative estimate of drug-likeness (QED) is 0.163. The van der Waals surface area contributed by atoms with E-state index in [1.54, 1.807) is 36.4 Å². The Morgan fingerprint density at radius 1 is 1.00 bits per heavy atom. The van der Waals surface area contributed by atoms with E-state index < -0.39 is 17.7 Å². The lowest BCUT2D eigenvalue weighted by molar-refractivity contribution is -0.132. The van der Waals surface area contributed by atoms with Gasteiger partial charge in [-0.25, -0.2) is 4.98 Å². The number of Topliss-reactive ketones (excluding diaryl/α,β-unsaturated/α-hetero) is 1. The van der Waals surface area contributed by atoms with Crippen LogP contribution in [-0.4, -0.2) is 43.1 Å². The monoisotopic (exact) mass is 564 g/mol. The highest BCUT2D eigenvalue weighted by molar-refractivity contribution is 7.22. The SMILES string of the molecule is CCc1ccc2nc(N3C(=O)C(=O)/C(=C(/O)c4ccc(Cl)cc4)[C@H]3c3cc(OC)c(OC)c(OC)c3)sc2c1. The number of aryl methyl sites for hydroxylation is 1. The molecule has 0 bridgehead atoms. The lowest BCUT2D eigenvalue weighted by Crippen LogP contribution is -2.29. The van der Waals surface area contributed by atoms with E-state index in [4.69, 9.17) is 30.8 Å². The third kappa shape index (κ3) is 4.57. The number of amides is 1. The molecule has 1 fully saturated rings. The molecule has 1 N–H and O–H groups in total. The van der Waals surface area contributed by atoms with Crippen molar-refractivity contribution in [2.24, 2.45) is 0 Å². The van der Waals surface area contributed by atoms with Gasteiger partial charge in [0.2, 0.25) is 5.75 Å². The number of aliphatic hydroxyl groups excluding tert-OH is 1. The molecule has 1 aromatic heterocycles. The molecule has 1 saturated heterocycles. The van der Waals surface area contributed by atoms with Crippen LogP contribution < -0.4 is 19.1 Å². The van der Waals surface area contributed by atoms with E-state index in [-0.39, 0.29) is 11.3 Å². The maximum absolute atomic E-state index is 13.6. The van der Waals surface area contributed by atoms with Crippen molar-refractivity contribution in [2.45, 2.75) is 19.4 Å². The van der Waals surface area contributed by atoms with Gasteiger partial charge in [-0.1, -0.05) is 35.9 Å². The first kappa shape index (κ1) is 26.5. The number of nitrogens with zero attached hydrogens (tertiary/aromatic N) is 2. The molecule has 3 aromatic carbocycles. The van der Waals surface area contributed by atoms with Crippen LogP contribution in [0, 0.1) is 0 Å². The maximum Gasteiger partial charge on any atom is 0.301 e. The van der Waals surface area contributed by atoms with Crippen molar-refractivity contribution in [3.05, 3.63) is 81.9 Å². The first-order chi connectivity index (χ1) is 18.8. The van der Waals surface area contributed by atoms with E-state index >= 15 is 0 Å². The van der Waals surface area contributed by atoms with Crippen molar-refractivity contribution in [2.75, 3.05) is 26.2 Å². The van der Waals surface area contributed by atoms with Crippen LogP contribution in [0.5, 0.6) is 17.2 Å². The van der Waals surface area contributed by atoms with Crippen molar-refractivity contribution in [1.82, 2.24) is 4.98 Å². The normalized spacial score (nSPS) is 16.6. The van der Waals surface area contributed by atoms with Crippen LogP contribution in [0.2, 0.25) is 5.02 Å². The highest BCUT2D eigenvalue weighted by Gasteiger charge is 2.48. The first-order valence-electron chi connectivity index (χ1n) is 12.1. The van der Waals surface area contributed by atoms with Crippen molar-refractivity contribution in [1.29, 1.82) is 0 Å². The molecule has 0 saturated carbocycles. The molecule has 0 radical (unpaired) electrons. The average molecular weight is 565 g/mol. The number of ketones is 1. The molecule has 4 aromatic rings. The van der Waals surface area contributed by atoms with Gasteiger partial charge >= 0.3 is 5.91 Å². The van der Waals surface area contributed by atoms with E-state index in [2.05, 4.69) is 6.92 Å². The van der Waals surface area contributed by atoms with Crippen molar-refractivity contribution in [3.8, 4) is 17.2 Å². The summed E-state index contributed by atoms with van der Waals surface area (Å²) >= 11 is 7.34. The Bertz CT molecular complexity index is 1600. The first-order valence-corrected chi connectivity index (χ1v) is 13.3. The Morgan fingerprint density at radius 2 is 1.67 bits per heavy atom. The van der Waals surface area contributed by atoms with E-state index in [0.717, 1.165) is 16.7 Å². The van der Waals surface area contributed by atoms with E-state index in [1.807, 2.05) is 18.2 Å². The molecule has 10 heteroatoms. The van der Waals surface area contributed by atoms with Crippen molar-refractivity contribution in [3.63, 3.8) is 0 Å². The minimum atomic E-state index is -1.03. The lowest BCUT2D eigenvalue weighted by Gasteiger charge is -2.24. The number of hydrogen-bond acceptors (Lipinski definition) is 8. The number of aliphatic hydroxyl groups is 1. The Labute approximate surface area is 234 Å². The predicted molar refractivity (Wildman–Crippen MR) is 151 cm³/mol. The number of carbonyl (C=O) groups is 2. The fourth-order valence-electron chi connectivity index (χ4n) is 4.65. The van der Waals surface area contributed by atoms with Gasteiger partial charge in [-0.2, -0.15) is 0 Å². The largest absolute Gasteiger partial charge is 0.507 e. The van der Waals surface area contributed by atoms with E-state index in [1.165, 1.54) is 37.6 Å². The zero-order valence-corrected chi connectivity index (χ0v) is 23.2. The Balaban J connectivity index is 1.77. The molecule has 8 nitrogen and oxygen atoms in total. The second-order valence-corrected chi connectivity index (χ2v) is 10.2.